The van der Waals surface area contributed by atoms with Crippen LogP contribution in [0.4, 0.5) is 0 Å². The van der Waals surface area contributed by atoms with Crippen LogP contribution < -0.4 is 5.32 Å². The van der Waals surface area contributed by atoms with E-state index in [-0.39, 0.29) is 17.7 Å². The fraction of sp³-hybridized carbons (Fsp3) is 0.200. The van der Waals surface area contributed by atoms with Gasteiger partial charge in [0.2, 0.25) is 0 Å². The molecule has 0 fully saturated rings. The minimum absolute atomic E-state index is 0.243. The highest BCUT2D eigenvalue weighted by Gasteiger charge is 2.25. The molecule has 2 aromatic rings. The van der Waals surface area contributed by atoms with Gasteiger partial charge in [0.1, 0.15) is 5.56 Å². The van der Waals surface area contributed by atoms with Gasteiger partial charge in [0.15, 0.2) is 5.69 Å². The Kier molecular flexibility index (Phi) is 4.75. The summed E-state index contributed by atoms with van der Waals surface area (Å²) in [7, 11) is 1.50. The summed E-state index contributed by atoms with van der Waals surface area (Å²) >= 11 is 0. The first-order chi connectivity index (χ1) is 10.9. The lowest BCUT2D eigenvalue weighted by molar-refractivity contribution is -0.137. The highest BCUT2D eigenvalue weighted by Crippen LogP contribution is 2.18. The van der Waals surface area contributed by atoms with E-state index in [1.807, 2.05) is 0 Å². The highest BCUT2D eigenvalue weighted by molar-refractivity contribution is 6.03. The quantitative estimate of drug-likeness (QED) is 0.732. The Balaban J connectivity index is 2.28. The number of aromatic carboxylic acids is 1. The molecule has 23 heavy (non-hydrogen) atoms. The van der Waals surface area contributed by atoms with Crippen LogP contribution in [0.15, 0.2) is 36.5 Å². The number of carbonyl (C=O) groups excluding carboxylic acids is 1. The van der Waals surface area contributed by atoms with Crippen molar-refractivity contribution < 1.29 is 24.6 Å². The number of nitrogens with zero attached hydrogens (tertiary/aromatic N) is 2. The largest absolute Gasteiger partial charge is 0.481 e. The number of nitrogens with one attached hydrogen (secondary N) is 1. The third-order valence-corrected chi connectivity index (χ3v) is 3.16. The summed E-state index contributed by atoms with van der Waals surface area (Å²) in [6.45, 7) is 0. The molecule has 0 aliphatic heterocycles. The Hall–Kier alpha value is -3.16. The second-order valence-corrected chi connectivity index (χ2v) is 4.90. The van der Waals surface area contributed by atoms with Crippen molar-refractivity contribution in [2.75, 3.05) is 0 Å². The lowest BCUT2D eigenvalue weighted by atomic mass is 10.0. The average Bonchev–Trinajstić information content (AvgIpc) is 2.89. The van der Waals surface area contributed by atoms with E-state index in [1.54, 1.807) is 30.3 Å². The number of aliphatic carboxylic acids is 1. The maximum Gasteiger partial charge on any atom is 0.339 e. The number of amides is 1. The van der Waals surface area contributed by atoms with Crippen LogP contribution in [-0.2, 0) is 11.8 Å². The van der Waals surface area contributed by atoms with Crippen LogP contribution in [0.25, 0.3) is 0 Å². The van der Waals surface area contributed by atoms with E-state index >= 15 is 0 Å². The Labute approximate surface area is 131 Å². The third kappa shape index (κ3) is 3.94. The van der Waals surface area contributed by atoms with E-state index in [1.165, 1.54) is 17.9 Å². The van der Waals surface area contributed by atoms with Crippen LogP contribution in [0, 0.1) is 0 Å². The van der Waals surface area contributed by atoms with Crippen molar-refractivity contribution in [2.45, 2.75) is 12.5 Å². The predicted octanol–water partition coefficient (Wildman–Crippen LogP) is 1.06. The maximum absolute atomic E-state index is 12.3. The van der Waals surface area contributed by atoms with Crippen molar-refractivity contribution in [2.24, 2.45) is 7.05 Å². The lowest BCUT2D eigenvalue weighted by Crippen LogP contribution is -2.31. The maximum atomic E-state index is 12.3. The molecule has 0 saturated heterocycles. The topological polar surface area (TPSA) is 122 Å². The number of carboxylic acids is 2. The molecule has 1 aromatic heterocycles. The van der Waals surface area contributed by atoms with Crippen LogP contribution in [0.3, 0.4) is 0 Å². The monoisotopic (exact) mass is 317 g/mol. The fourth-order valence-corrected chi connectivity index (χ4v) is 2.15. The van der Waals surface area contributed by atoms with E-state index in [0.29, 0.717) is 5.56 Å². The number of benzene rings is 1. The van der Waals surface area contributed by atoms with Gasteiger partial charge in [-0.1, -0.05) is 30.3 Å². The minimum Gasteiger partial charge on any atom is -0.481 e. The molecule has 1 heterocycles. The number of rotatable bonds is 6. The smallest absolute Gasteiger partial charge is 0.339 e. The Morgan fingerprint density at radius 1 is 1.22 bits per heavy atom. The van der Waals surface area contributed by atoms with E-state index in [2.05, 4.69) is 10.4 Å². The second kappa shape index (κ2) is 6.73. The van der Waals surface area contributed by atoms with Crippen LogP contribution in [0.5, 0.6) is 0 Å². The normalized spacial score (nSPS) is 11.7. The molecule has 0 aliphatic carbocycles. The molecule has 8 heteroatoms. The van der Waals surface area contributed by atoms with Crippen molar-refractivity contribution in [1.29, 1.82) is 0 Å². The summed E-state index contributed by atoms with van der Waals surface area (Å²) in [5.41, 5.74) is 0.106. The summed E-state index contributed by atoms with van der Waals surface area (Å²) in [5, 5.41) is 24.5. The third-order valence-electron chi connectivity index (χ3n) is 3.16. The standard InChI is InChI=1S/C15H15N3O5/c1-18-8-10(15(22)23)13(17-18)14(21)16-11(7-12(19)20)9-5-3-2-4-6-9/h2-6,8,11H,7H2,1H3,(H,16,21)(H,19,20)(H,22,23). The van der Waals surface area contributed by atoms with Gasteiger partial charge in [-0.3, -0.25) is 14.3 Å². The van der Waals surface area contributed by atoms with E-state index < -0.39 is 23.9 Å². The average molecular weight is 317 g/mol. The first-order valence-electron chi connectivity index (χ1n) is 6.73. The van der Waals surface area contributed by atoms with Gasteiger partial charge in [0, 0.05) is 13.2 Å². The number of hydrogen-bond donors (Lipinski definition) is 3. The molecular weight excluding hydrogens is 302 g/mol. The SMILES string of the molecule is Cn1cc(C(=O)O)c(C(=O)NC(CC(=O)O)c2ccccc2)n1. The van der Waals surface area contributed by atoms with Gasteiger partial charge in [-0.2, -0.15) is 5.10 Å². The Morgan fingerprint density at radius 2 is 1.87 bits per heavy atom. The van der Waals surface area contributed by atoms with E-state index in [4.69, 9.17) is 10.2 Å². The molecule has 3 N–H and O–H groups in total. The molecule has 2 rings (SSSR count). The summed E-state index contributed by atoms with van der Waals surface area (Å²) in [6.07, 6.45) is 0.886. The summed E-state index contributed by atoms with van der Waals surface area (Å²) in [6, 6.07) is 7.80. The number of carbonyl (C=O) groups is 3. The van der Waals surface area contributed by atoms with Crippen molar-refractivity contribution in [3.05, 3.63) is 53.3 Å². The van der Waals surface area contributed by atoms with Crippen molar-refractivity contribution in [3.8, 4) is 0 Å². The molecule has 0 bridgehead atoms. The summed E-state index contributed by atoms with van der Waals surface area (Å²) < 4.78 is 1.22. The van der Waals surface area contributed by atoms with Gasteiger partial charge < -0.3 is 15.5 Å². The van der Waals surface area contributed by atoms with Gasteiger partial charge in [-0.25, -0.2) is 4.79 Å². The number of hydrogen-bond acceptors (Lipinski definition) is 4. The van der Waals surface area contributed by atoms with Gasteiger partial charge in [-0.05, 0) is 5.56 Å². The molecule has 1 amide bonds. The highest BCUT2D eigenvalue weighted by atomic mass is 16.4. The Morgan fingerprint density at radius 3 is 2.43 bits per heavy atom. The van der Waals surface area contributed by atoms with Gasteiger partial charge >= 0.3 is 11.9 Å². The fourth-order valence-electron chi connectivity index (χ4n) is 2.15. The van der Waals surface area contributed by atoms with Crippen molar-refractivity contribution in [3.63, 3.8) is 0 Å². The molecule has 8 nitrogen and oxygen atoms in total. The van der Waals surface area contributed by atoms with Crippen molar-refractivity contribution >= 4 is 17.8 Å². The molecule has 1 atom stereocenters. The summed E-state index contributed by atoms with van der Waals surface area (Å²) in [5.74, 6) is -3.10. The number of aromatic nitrogens is 2. The molecule has 0 aliphatic rings. The molecule has 0 radical (unpaired) electrons. The molecule has 1 aromatic carbocycles. The van der Waals surface area contributed by atoms with Crippen LogP contribution in [0.2, 0.25) is 0 Å². The zero-order valence-corrected chi connectivity index (χ0v) is 12.3. The molecule has 0 spiro atoms. The van der Waals surface area contributed by atoms with Crippen LogP contribution in [-0.4, -0.2) is 37.8 Å². The van der Waals surface area contributed by atoms with Gasteiger partial charge in [0.25, 0.3) is 5.91 Å². The van der Waals surface area contributed by atoms with Crippen LogP contribution >= 0.6 is 0 Å². The van der Waals surface area contributed by atoms with Crippen LogP contribution in [0.1, 0.15) is 38.9 Å². The zero-order chi connectivity index (χ0) is 17.0. The molecule has 0 saturated carbocycles. The molecule has 1 unspecified atom stereocenters. The number of aryl methyl sites for hydroxylation is 1. The Bertz CT molecular complexity index is 739. The first-order valence-corrected chi connectivity index (χ1v) is 6.73. The first kappa shape index (κ1) is 16.2. The van der Waals surface area contributed by atoms with Gasteiger partial charge in [-0.15, -0.1) is 0 Å². The number of carboxylic acid groups (broad SMARTS) is 2. The lowest BCUT2D eigenvalue weighted by Gasteiger charge is -2.17. The molecule has 120 valence electrons. The van der Waals surface area contributed by atoms with E-state index in [0.717, 1.165) is 0 Å². The van der Waals surface area contributed by atoms with Crippen molar-refractivity contribution in [1.82, 2.24) is 15.1 Å². The summed E-state index contributed by atoms with van der Waals surface area (Å²) in [4.78, 5) is 34.5. The zero-order valence-electron chi connectivity index (χ0n) is 12.3. The van der Waals surface area contributed by atoms with Gasteiger partial charge in [0.05, 0.1) is 12.5 Å². The predicted molar refractivity (Wildman–Crippen MR) is 79.1 cm³/mol. The second-order valence-electron chi connectivity index (χ2n) is 4.90. The minimum atomic E-state index is -1.28. The van der Waals surface area contributed by atoms with E-state index in [9.17, 15) is 14.4 Å². The molecular formula is C15H15N3O5.